The van der Waals surface area contributed by atoms with Gasteiger partial charge in [-0.05, 0) is 12.5 Å². The molecule has 3 nitrogen and oxygen atoms in total. The molecule has 0 aliphatic carbocycles. The zero-order chi connectivity index (χ0) is 10.4. The van der Waals surface area contributed by atoms with E-state index < -0.39 is 0 Å². The van der Waals surface area contributed by atoms with Crippen LogP contribution in [-0.2, 0) is 0 Å². The zero-order valence-electron chi connectivity index (χ0n) is 9.03. The summed E-state index contributed by atoms with van der Waals surface area (Å²) in [5, 5.41) is 3.90. The molecule has 0 aliphatic heterocycles. The summed E-state index contributed by atoms with van der Waals surface area (Å²) >= 11 is 0. The van der Waals surface area contributed by atoms with Crippen molar-refractivity contribution in [1.29, 1.82) is 0 Å². The summed E-state index contributed by atoms with van der Waals surface area (Å²) < 4.78 is 1.39. The number of nitrogens with zero attached hydrogens (tertiary/aromatic N) is 2. The van der Waals surface area contributed by atoms with Gasteiger partial charge < -0.3 is 0 Å². The first-order valence-corrected chi connectivity index (χ1v) is 4.66. The lowest BCUT2D eigenvalue weighted by molar-refractivity contribution is 0.0838. The summed E-state index contributed by atoms with van der Waals surface area (Å²) in [4.78, 5) is 11.3. The Labute approximate surface area is 79.8 Å². The van der Waals surface area contributed by atoms with Gasteiger partial charge >= 0.3 is 0 Å². The van der Waals surface area contributed by atoms with Gasteiger partial charge in [-0.2, -0.15) is 5.10 Å². The Morgan fingerprint density at radius 3 is 2.31 bits per heavy atom. The Balaban J connectivity index is 0.000000671. The zero-order valence-corrected chi connectivity index (χ0v) is 9.03. The number of carbonyl (C=O) groups excluding carboxylic acids is 1. The van der Waals surface area contributed by atoms with Gasteiger partial charge in [-0.15, -0.1) is 0 Å². The monoisotopic (exact) mass is 182 g/mol. The average Bonchev–Trinajstić information content (AvgIpc) is 2.54. The first-order chi connectivity index (χ1) is 6.11. The molecule has 13 heavy (non-hydrogen) atoms. The van der Waals surface area contributed by atoms with Crippen molar-refractivity contribution in [3.8, 4) is 0 Å². The van der Waals surface area contributed by atoms with Gasteiger partial charge in [0.15, 0.2) is 0 Å². The van der Waals surface area contributed by atoms with Crippen LogP contribution in [-0.4, -0.2) is 15.7 Å². The molecule has 1 aromatic rings. The van der Waals surface area contributed by atoms with Gasteiger partial charge in [0, 0.05) is 12.1 Å². The van der Waals surface area contributed by atoms with Crippen LogP contribution in [0.4, 0.5) is 0 Å². The molecule has 0 unspecified atom stereocenters. The SMILES string of the molecule is CC.Cc1cnn(C(=O)C(C)C)c1. The molecule has 0 radical (unpaired) electrons. The molecule has 0 spiro atoms. The summed E-state index contributed by atoms with van der Waals surface area (Å²) in [6.45, 7) is 9.63. The minimum absolute atomic E-state index is 0.00861. The van der Waals surface area contributed by atoms with Crippen LogP contribution in [0.25, 0.3) is 0 Å². The third-order valence-corrected chi connectivity index (χ3v) is 1.43. The molecule has 0 bridgehead atoms. The molecule has 0 fully saturated rings. The highest BCUT2D eigenvalue weighted by atomic mass is 16.2. The summed E-state index contributed by atoms with van der Waals surface area (Å²) in [5.41, 5.74) is 1.01. The van der Waals surface area contributed by atoms with E-state index in [0.717, 1.165) is 5.56 Å². The lowest BCUT2D eigenvalue weighted by atomic mass is 10.2. The first-order valence-electron chi connectivity index (χ1n) is 4.66. The number of aryl methyl sites for hydroxylation is 1. The van der Waals surface area contributed by atoms with Crippen molar-refractivity contribution < 1.29 is 4.79 Å². The quantitative estimate of drug-likeness (QED) is 0.669. The lowest BCUT2D eigenvalue weighted by Crippen LogP contribution is -2.16. The lowest BCUT2D eigenvalue weighted by Gasteiger charge is -2.01. The molecule has 0 saturated heterocycles. The highest BCUT2D eigenvalue weighted by Gasteiger charge is 2.09. The third kappa shape index (κ3) is 3.40. The molecule has 74 valence electrons. The van der Waals surface area contributed by atoms with E-state index in [1.165, 1.54) is 4.68 Å². The Hall–Kier alpha value is -1.12. The fourth-order valence-electron chi connectivity index (χ4n) is 0.798. The third-order valence-electron chi connectivity index (χ3n) is 1.43. The fourth-order valence-corrected chi connectivity index (χ4v) is 0.798. The van der Waals surface area contributed by atoms with Gasteiger partial charge in [0.25, 0.3) is 0 Å². The minimum atomic E-state index is 0.00861. The molecule has 1 aromatic heterocycles. The van der Waals surface area contributed by atoms with Gasteiger partial charge in [0.2, 0.25) is 5.91 Å². The maximum Gasteiger partial charge on any atom is 0.249 e. The number of hydrogen-bond acceptors (Lipinski definition) is 2. The van der Waals surface area contributed by atoms with E-state index in [-0.39, 0.29) is 11.8 Å². The molecule has 0 saturated carbocycles. The van der Waals surface area contributed by atoms with Crippen molar-refractivity contribution in [3.05, 3.63) is 18.0 Å². The second-order valence-corrected chi connectivity index (χ2v) is 2.96. The Bertz CT molecular complexity index is 264. The predicted octanol–water partition coefficient (Wildman–Crippen LogP) is 2.51. The molecular formula is C10H18N2O. The van der Waals surface area contributed by atoms with Gasteiger partial charge in [0.05, 0.1) is 6.20 Å². The number of aromatic nitrogens is 2. The molecule has 1 heterocycles. The van der Waals surface area contributed by atoms with E-state index in [4.69, 9.17) is 0 Å². The number of hydrogen-bond donors (Lipinski definition) is 0. The van der Waals surface area contributed by atoms with Crippen LogP contribution in [0, 0.1) is 12.8 Å². The molecular weight excluding hydrogens is 164 g/mol. The van der Waals surface area contributed by atoms with Gasteiger partial charge in [-0.25, -0.2) is 4.68 Å². The van der Waals surface area contributed by atoms with Crippen molar-refractivity contribution in [1.82, 2.24) is 9.78 Å². The molecule has 0 atom stereocenters. The number of carbonyl (C=O) groups is 1. The maximum absolute atomic E-state index is 11.3. The highest BCUT2D eigenvalue weighted by Crippen LogP contribution is 2.00. The van der Waals surface area contributed by atoms with Crippen LogP contribution in [0.3, 0.4) is 0 Å². The summed E-state index contributed by atoms with van der Waals surface area (Å²) in [5.74, 6) is 0.0485. The van der Waals surface area contributed by atoms with Crippen LogP contribution in [0.2, 0.25) is 0 Å². The first kappa shape index (κ1) is 11.9. The minimum Gasteiger partial charge on any atom is -0.272 e. The Morgan fingerprint density at radius 2 is 2.00 bits per heavy atom. The van der Waals surface area contributed by atoms with Crippen LogP contribution in [0.15, 0.2) is 12.4 Å². The van der Waals surface area contributed by atoms with Crippen LogP contribution >= 0.6 is 0 Å². The highest BCUT2D eigenvalue weighted by molar-refractivity contribution is 5.79. The summed E-state index contributed by atoms with van der Waals surface area (Å²) in [7, 11) is 0. The molecule has 0 aliphatic rings. The molecule has 0 amide bonds. The van der Waals surface area contributed by atoms with E-state index in [1.807, 2.05) is 34.6 Å². The molecule has 1 rings (SSSR count). The van der Waals surface area contributed by atoms with Gasteiger partial charge in [-0.1, -0.05) is 27.7 Å². The maximum atomic E-state index is 11.3. The Morgan fingerprint density at radius 1 is 1.46 bits per heavy atom. The molecule has 0 aromatic carbocycles. The van der Waals surface area contributed by atoms with Crippen LogP contribution < -0.4 is 0 Å². The van der Waals surface area contributed by atoms with Crippen LogP contribution in [0.5, 0.6) is 0 Å². The predicted molar refractivity (Wildman–Crippen MR) is 53.8 cm³/mol. The summed E-state index contributed by atoms with van der Waals surface area (Å²) in [6.07, 6.45) is 3.42. The molecule has 0 N–H and O–H groups in total. The largest absolute Gasteiger partial charge is 0.272 e. The molecule has 3 heteroatoms. The van der Waals surface area contributed by atoms with Crippen molar-refractivity contribution in [2.45, 2.75) is 34.6 Å². The normalized spacial score (nSPS) is 9.38. The topological polar surface area (TPSA) is 34.9 Å². The second kappa shape index (κ2) is 5.51. The van der Waals surface area contributed by atoms with E-state index in [9.17, 15) is 4.79 Å². The van der Waals surface area contributed by atoms with Crippen molar-refractivity contribution in [2.24, 2.45) is 5.92 Å². The van der Waals surface area contributed by atoms with Gasteiger partial charge in [0.1, 0.15) is 0 Å². The van der Waals surface area contributed by atoms with E-state index in [2.05, 4.69) is 5.10 Å². The number of rotatable bonds is 1. The van der Waals surface area contributed by atoms with Crippen molar-refractivity contribution in [2.75, 3.05) is 0 Å². The van der Waals surface area contributed by atoms with E-state index >= 15 is 0 Å². The average molecular weight is 182 g/mol. The fraction of sp³-hybridized carbons (Fsp3) is 0.600. The standard InChI is InChI=1S/C8H12N2O.C2H6/c1-6(2)8(11)10-5-7(3)4-9-10;1-2/h4-6H,1-3H3;1-2H3. The van der Waals surface area contributed by atoms with E-state index in [0.29, 0.717) is 0 Å². The smallest absolute Gasteiger partial charge is 0.249 e. The summed E-state index contributed by atoms with van der Waals surface area (Å²) in [6, 6.07) is 0. The second-order valence-electron chi connectivity index (χ2n) is 2.96. The van der Waals surface area contributed by atoms with E-state index in [1.54, 1.807) is 12.4 Å². The van der Waals surface area contributed by atoms with Gasteiger partial charge in [-0.3, -0.25) is 4.79 Å². The van der Waals surface area contributed by atoms with Crippen LogP contribution in [0.1, 0.15) is 38.1 Å². The van der Waals surface area contributed by atoms with Crippen molar-refractivity contribution in [3.63, 3.8) is 0 Å². The van der Waals surface area contributed by atoms with Crippen molar-refractivity contribution >= 4 is 5.91 Å². The Kier molecular flexibility index (Phi) is 5.04.